The van der Waals surface area contributed by atoms with Crippen LogP contribution in [0.5, 0.6) is 0 Å². The highest BCUT2D eigenvalue weighted by Crippen LogP contribution is 2.31. The summed E-state index contributed by atoms with van der Waals surface area (Å²) >= 11 is 1.87. The van der Waals surface area contributed by atoms with Gasteiger partial charge in [-0.1, -0.05) is 0 Å². The molecule has 0 aromatic rings. The Morgan fingerprint density at radius 3 is 2.71 bits per heavy atom. The summed E-state index contributed by atoms with van der Waals surface area (Å²) in [5, 5.41) is 8.91. The second-order valence-electron chi connectivity index (χ2n) is 4.05. The Bertz CT molecular complexity index is 212. The molecular formula is C10H17NO2S. The Morgan fingerprint density at radius 1 is 1.43 bits per heavy atom. The van der Waals surface area contributed by atoms with Crippen LogP contribution < -0.4 is 0 Å². The van der Waals surface area contributed by atoms with Gasteiger partial charge in [-0.15, -0.1) is 0 Å². The van der Waals surface area contributed by atoms with Gasteiger partial charge in [-0.05, 0) is 25.0 Å². The van der Waals surface area contributed by atoms with Crippen LogP contribution in [0, 0.1) is 5.92 Å². The minimum Gasteiger partial charge on any atom is -0.395 e. The van der Waals surface area contributed by atoms with Crippen LogP contribution in [0.25, 0.3) is 0 Å². The molecule has 1 unspecified atom stereocenters. The second kappa shape index (κ2) is 4.53. The van der Waals surface area contributed by atoms with E-state index in [0.717, 1.165) is 30.8 Å². The van der Waals surface area contributed by atoms with Crippen LogP contribution in [-0.4, -0.2) is 46.6 Å². The van der Waals surface area contributed by atoms with Crippen molar-refractivity contribution < 1.29 is 9.90 Å². The van der Waals surface area contributed by atoms with Crippen LogP contribution >= 0.6 is 11.8 Å². The van der Waals surface area contributed by atoms with E-state index in [9.17, 15) is 4.79 Å². The molecule has 0 aromatic heterocycles. The highest BCUT2D eigenvalue weighted by molar-refractivity contribution is 7.99. The lowest BCUT2D eigenvalue weighted by atomic mass is 10.1. The van der Waals surface area contributed by atoms with E-state index < -0.39 is 0 Å². The molecule has 1 aliphatic carbocycles. The second-order valence-corrected chi connectivity index (χ2v) is 5.20. The number of hydrogen-bond acceptors (Lipinski definition) is 3. The molecule has 1 saturated heterocycles. The molecule has 1 heterocycles. The smallest absolute Gasteiger partial charge is 0.226 e. The van der Waals surface area contributed by atoms with Crippen molar-refractivity contribution in [2.24, 2.45) is 5.92 Å². The van der Waals surface area contributed by atoms with E-state index in [0.29, 0.717) is 12.6 Å². The minimum atomic E-state index is 0.0993. The number of aliphatic hydroxyl groups excluding tert-OH is 1. The fourth-order valence-electron chi connectivity index (χ4n) is 1.93. The summed E-state index contributed by atoms with van der Waals surface area (Å²) in [6.07, 6.45) is 3.29. The maximum atomic E-state index is 12.0. The SMILES string of the molecule is O=C(C1CCSC1)N(CCO)C1CC1. The van der Waals surface area contributed by atoms with Crippen LogP contribution in [0.1, 0.15) is 19.3 Å². The Hall–Kier alpha value is -0.220. The van der Waals surface area contributed by atoms with Crippen LogP contribution in [-0.2, 0) is 4.79 Å². The van der Waals surface area contributed by atoms with E-state index in [1.54, 1.807) is 0 Å². The first-order valence-corrected chi connectivity index (χ1v) is 6.47. The van der Waals surface area contributed by atoms with Crippen LogP contribution in [0.3, 0.4) is 0 Å². The lowest BCUT2D eigenvalue weighted by molar-refractivity contribution is -0.135. The van der Waals surface area contributed by atoms with Crippen molar-refractivity contribution in [1.82, 2.24) is 4.90 Å². The monoisotopic (exact) mass is 215 g/mol. The van der Waals surface area contributed by atoms with E-state index in [1.807, 2.05) is 16.7 Å². The van der Waals surface area contributed by atoms with E-state index in [2.05, 4.69) is 0 Å². The van der Waals surface area contributed by atoms with E-state index >= 15 is 0 Å². The third-order valence-corrected chi connectivity index (χ3v) is 4.05. The van der Waals surface area contributed by atoms with Crippen molar-refractivity contribution >= 4 is 17.7 Å². The van der Waals surface area contributed by atoms with Crippen LogP contribution in [0.15, 0.2) is 0 Å². The molecule has 0 radical (unpaired) electrons. The number of thioether (sulfide) groups is 1. The molecule has 1 amide bonds. The highest BCUT2D eigenvalue weighted by Gasteiger charge is 2.36. The van der Waals surface area contributed by atoms with Gasteiger partial charge in [-0.2, -0.15) is 11.8 Å². The number of carbonyl (C=O) groups is 1. The van der Waals surface area contributed by atoms with Gasteiger partial charge in [0.2, 0.25) is 5.91 Å². The Morgan fingerprint density at radius 2 is 2.21 bits per heavy atom. The number of aliphatic hydroxyl groups is 1. The van der Waals surface area contributed by atoms with Crippen molar-refractivity contribution in [3.8, 4) is 0 Å². The number of nitrogens with zero attached hydrogens (tertiary/aromatic N) is 1. The van der Waals surface area contributed by atoms with Gasteiger partial charge < -0.3 is 10.0 Å². The molecule has 1 saturated carbocycles. The van der Waals surface area contributed by atoms with E-state index in [-0.39, 0.29) is 18.4 Å². The van der Waals surface area contributed by atoms with Crippen molar-refractivity contribution in [2.75, 3.05) is 24.7 Å². The summed E-state index contributed by atoms with van der Waals surface area (Å²) in [7, 11) is 0. The average molecular weight is 215 g/mol. The molecule has 2 fully saturated rings. The Kier molecular flexibility index (Phi) is 3.34. The van der Waals surface area contributed by atoms with Crippen molar-refractivity contribution in [1.29, 1.82) is 0 Å². The molecule has 4 heteroatoms. The number of amides is 1. The zero-order valence-corrected chi connectivity index (χ0v) is 9.13. The first kappa shape index (κ1) is 10.3. The highest BCUT2D eigenvalue weighted by atomic mass is 32.2. The van der Waals surface area contributed by atoms with Gasteiger partial charge in [0.25, 0.3) is 0 Å². The van der Waals surface area contributed by atoms with Gasteiger partial charge in [0, 0.05) is 24.3 Å². The zero-order chi connectivity index (χ0) is 9.97. The summed E-state index contributed by atoms with van der Waals surface area (Å²) in [5.74, 6) is 2.61. The molecule has 14 heavy (non-hydrogen) atoms. The summed E-state index contributed by atoms with van der Waals surface area (Å²) in [4.78, 5) is 13.9. The predicted octanol–water partition coefficient (Wildman–Crippen LogP) is 0.723. The molecule has 0 spiro atoms. The van der Waals surface area contributed by atoms with Gasteiger partial charge in [-0.3, -0.25) is 4.79 Å². The molecule has 2 aliphatic rings. The van der Waals surface area contributed by atoms with Crippen molar-refractivity contribution in [3.05, 3.63) is 0 Å². The first-order valence-electron chi connectivity index (χ1n) is 5.32. The third-order valence-electron chi connectivity index (χ3n) is 2.89. The average Bonchev–Trinajstić information content (AvgIpc) is 2.88. The largest absolute Gasteiger partial charge is 0.395 e. The van der Waals surface area contributed by atoms with Crippen molar-refractivity contribution in [3.63, 3.8) is 0 Å². The zero-order valence-electron chi connectivity index (χ0n) is 8.32. The van der Waals surface area contributed by atoms with Crippen molar-refractivity contribution in [2.45, 2.75) is 25.3 Å². The molecule has 1 aliphatic heterocycles. The molecule has 1 atom stereocenters. The summed E-state index contributed by atoms with van der Waals surface area (Å²) in [5.41, 5.74) is 0. The van der Waals surface area contributed by atoms with Gasteiger partial charge in [0.15, 0.2) is 0 Å². The van der Waals surface area contributed by atoms with Gasteiger partial charge >= 0.3 is 0 Å². The number of hydrogen-bond donors (Lipinski definition) is 1. The minimum absolute atomic E-state index is 0.0993. The summed E-state index contributed by atoms with van der Waals surface area (Å²) < 4.78 is 0. The maximum absolute atomic E-state index is 12.0. The number of carbonyl (C=O) groups excluding carboxylic acids is 1. The van der Waals surface area contributed by atoms with Crippen LogP contribution in [0.4, 0.5) is 0 Å². The van der Waals surface area contributed by atoms with Gasteiger partial charge in [0.05, 0.1) is 6.61 Å². The summed E-state index contributed by atoms with van der Waals surface area (Å²) in [6.45, 7) is 0.632. The normalized spacial score (nSPS) is 26.5. The molecule has 80 valence electrons. The van der Waals surface area contributed by atoms with Gasteiger partial charge in [-0.25, -0.2) is 0 Å². The van der Waals surface area contributed by atoms with Gasteiger partial charge in [0.1, 0.15) is 0 Å². The molecule has 2 rings (SSSR count). The molecular weight excluding hydrogens is 198 g/mol. The summed E-state index contributed by atoms with van der Waals surface area (Å²) in [6, 6.07) is 0.445. The Balaban J connectivity index is 1.91. The fourth-order valence-corrected chi connectivity index (χ4v) is 3.14. The lowest BCUT2D eigenvalue weighted by Gasteiger charge is -2.24. The van der Waals surface area contributed by atoms with E-state index in [1.165, 1.54) is 0 Å². The molecule has 1 N–H and O–H groups in total. The molecule has 0 bridgehead atoms. The standard InChI is InChI=1S/C10H17NO2S/c12-5-4-11(9-1-2-9)10(13)8-3-6-14-7-8/h8-9,12H,1-7H2. The quantitative estimate of drug-likeness (QED) is 0.751. The lowest BCUT2D eigenvalue weighted by Crippen LogP contribution is -2.39. The predicted molar refractivity (Wildman–Crippen MR) is 57.3 cm³/mol. The fraction of sp³-hybridized carbons (Fsp3) is 0.900. The topological polar surface area (TPSA) is 40.5 Å². The Labute approximate surface area is 88.9 Å². The first-order chi connectivity index (χ1) is 6.83. The molecule has 3 nitrogen and oxygen atoms in total. The van der Waals surface area contributed by atoms with Crippen LogP contribution in [0.2, 0.25) is 0 Å². The third kappa shape index (κ3) is 2.23. The maximum Gasteiger partial charge on any atom is 0.226 e. The number of rotatable bonds is 4. The van der Waals surface area contributed by atoms with E-state index in [4.69, 9.17) is 5.11 Å². The molecule has 0 aromatic carbocycles.